The van der Waals surface area contributed by atoms with Crippen LogP contribution in [0, 0.1) is 0 Å². The van der Waals surface area contributed by atoms with E-state index in [1.165, 1.54) is 12.8 Å². The molecule has 1 heterocycles. The van der Waals surface area contributed by atoms with Crippen molar-refractivity contribution in [3.63, 3.8) is 0 Å². The largest absolute Gasteiger partial charge is 0.343 e. The number of nitrogens with one attached hydrogen (secondary N) is 2. The molecule has 0 bridgehead atoms. The lowest BCUT2D eigenvalue weighted by molar-refractivity contribution is -0.129. The molecule has 0 radical (unpaired) electrons. The number of amides is 4. The molecule has 7 nitrogen and oxygen atoms in total. The molecule has 1 aliphatic carbocycles. The van der Waals surface area contributed by atoms with Crippen molar-refractivity contribution in [2.24, 2.45) is 0 Å². The fraction of sp³-hybridized carbons (Fsp3) is 0.550. The molecule has 7 heteroatoms. The Morgan fingerprint density at radius 1 is 0.889 bits per heavy atom. The quantitative estimate of drug-likeness (QED) is 0.842. The van der Waals surface area contributed by atoms with Gasteiger partial charge in [-0.3, -0.25) is 9.59 Å². The Bertz CT molecular complexity index is 658. The van der Waals surface area contributed by atoms with Gasteiger partial charge in [-0.1, -0.05) is 31.0 Å². The van der Waals surface area contributed by atoms with Crippen LogP contribution < -0.4 is 10.6 Å². The fourth-order valence-electron chi connectivity index (χ4n) is 3.67. The highest BCUT2D eigenvalue weighted by Crippen LogP contribution is 2.18. The van der Waals surface area contributed by atoms with Crippen LogP contribution in [0.25, 0.3) is 0 Å². The van der Waals surface area contributed by atoms with Gasteiger partial charge in [-0.05, 0) is 31.4 Å². The molecule has 27 heavy (non-hydrogen) atoms. The molecule has 4 amide bonds. The van der Waals surface area contributed by atoms with Gasteiger partial charge in [0.15, 0.2) is 0 Å². The number of nitrogens with zero attached hydrogens (tertiary/aromatic N) is 2. The van der Waals surface area contributed by atoms with Gasteiger partial charge in [0.05, 0.1) is 6.54 Å². The highest BCUT2D eigenvalue weighted by atomic mass is 16.2. The normalized spacial score (nSPS) is 18.1. The van der Waals surface area contributed by atoms with Crippen LogP contribution in [0.2, 0.25) is 0 Å². The molecule has 1 aromatic rings. The minimum atomic E-state index is -0.253. The zero-order chi connectivity index (χ0) is 19.1. The molecular formula is C20H28N4O3. The van der Waals surface area contributed by atoms with Crippen molar-refractivity contribution in [2.75, 3.05) is 32.7 Å². The van der Waals surface area contributed by atoms with E-state index < -0.39 is 0 Å². The first-order valence-electron chi connectivity index (χ1n) is 9.80. The van der Waals surface area contributed by atoms with Gasteiger partial charge in [0, 0.05) is 37.8 Å². The molecule has 2 N–H and O–H groups in total. The van der Waals surface area contributed by atoms with Crippen LogP contribution in [0.3, 0.4) is 0 Å². The van der Waals surface area contributed by atoms with Crippen molar-refractivity contribution < 1.29 is 14.4 Å². The number of carbonyl (C=O) groups is 3. The van der Waals surface area contributed by atoms with Crippen molar-refractivity contribution in [3.05, 3.63) is 35.9 Å². The van der Waals surface area contributed by atoms with Crippen LogP contribution in [0.1, 0.15) is 42.5 Å². The number of carbonyl (C=O) groups excluding carboxylic acids is 3. The van der Waals surface area contributed by atoms with E-state index in [4.69, 9.17) is 0 Å². The molecule has 0 spiro atoms. The van der Waals surface area contributed by atoms with Gasteiger partial charge in [0.2, 0.25) is 5.91 Å². The molecular weight excluding hydrogens is 344 g/mol. The van der Waals surface area contributed by atoms with E-state index in [1.807, 2.05) is 6.07 Å². The second-order valence-corrected chi connectivity index (χ2v) is 7.20. The molecule has 0 unspecified atom stereocenters. The molecule has 1 saturated heterocycles. The van der Waals surface area contributed by atoms with Gasteiger partial charge in [0.25, 0.3) is 5.91 Å². The third-order valence-electron chi connectivity index (χ3n) is 5.25. The molecule has 2 aliphatic rings. The van der Waals surface area contributed by atoms with Crippen LogP contribution in [-0.4, -0.2) is 66.4 Å². The number of rotatable bonds is 4. The van der Waals surface area contributed by atoms with E-state index >= 15 is 0 Å². The lowest BCUT2D eigenvalue weighted by Gasteiger charge is -2.24. The van der Waals surface area contributed by atoms with Gasteiger partial charge < -0.3 is 20.4 Å². The zero-order valence-electron chi connectivity index (χ0n) is 15.7. The molecule has 146 valence electrons. The Kier molecular flexibility index (Phi) is 6.68. The van der Waals surface area contributed by atoms with Gasteiger partial charge in [-0.2, -0.15) is 0 Å². The predicted octanol–water partition coefficient (Wildman–Crippen LogP) is 1.60. The lowest BCUT2D eigenvalue weighted by atomic mass is 10.2. The first kappa shape index (κ1) is 19.2. The minimum absolute atomic E-state index is 0.0198. The summed E-state index contributed by atoms with van der Waals surface area (Å²) in [7, 11) is 0. The van der Waals surface area contributed by atoms with Crippen LogP contribution in [0.15, 0.2) is 30.3 Å². The monoisotopic (exact) mass is 372 g/mol. The van der Waals surface area contributed by atoms with Crippen molar-refractivity contribution in [2.45, 2.75) is 38.1 Å². The van der Waals surface area contributed by atoms with Gasteiger partial charge in [-0.15, -0.1) is 0 Å². The molecule has 1 aromatic carbocycles. The summed E-state index contributed by atoms with van der Waals surface area (Å²) in [5.74, 6) is -0.367. The third-order valence-corrected chi connectivity index (χ3v) is 5.25. The second-order valence-electron chi connectivity index (χ2n) is 7.20. The Labute approximate surface area is 160 Å². The van der Waals surface area contributed by atoms with Crippen molar-refractivity contribution in [1.82, 2.24) is 20.4 Å². The Morgan fingerprint density at radius 3 is 2.30 bits per heavy atom. The summed E-state index contributed by atoms with van der Waals surface area (Å²) >= 11 is 0. The topological polar surface area (TPSA) is 81.8 Å². The summed E-state index contributed by atoms with van der Waals surface area (Å²) < 4.78 is 0. The average molecular weight is 372 g/mol. The van der Waals surface area contributed by atoms with E-state index in [9.17, 15) is 14.4 Å². The van der Waals surface area contributed by atoms with E-state index in [0.717, 1.165) is 19.3 Å². The van der Waals surface area contributed by atoms with Gasteiger partial charge >= 0.3 is 6.03 Å². The molecule has 0 aromatic heterocycles. The van der Waals surface area contributed by atoms with Crippen molar-refractivity contribution in [3.8, 4) is 0 Å². The Morgan fingerprint density at radius 2 is 1.56 bits per heavy atom. The lowest BCUT2D eigenvalue weighted by Crippen LogP contribution is -2.46. The Balaban J connectivity index is 1.43. The first-order valence-corrected chi connectivity index (χ1v) is 9.80. The third kappa shape index (κ3) is 5.45. The van der Waals surface area contributed by atoms with Crippen LogP contribution in [0.4, 0.5) is 4.79 Å². The number of hydrogen-bond donors (Lipinski definition) is 2. The van der Waals surface area contributed by atoms with Gasteiger partial charge in [-0.25, -0.2) is 4.79 Å². The van der Waals surface area contributed by atoms with Crippen LogP contribution in [-0.2, 0) is 4.79 Å². The summed E-state index contributed by atoms with van der Waals surface area (Å²) in [5.41, 5.74) is 0.538. The molecule has 1 aliphatic heterocycles. The SMILES string of the molecule is O=C(NCC(=O)N1CCCN(C(=O)NC2CCCC2)CC1)c1ccccc1. The number of urea groups is 1. The van der Waals surface area contributed by atoms with Gasteiger partial charge in [0.1, 0.15) is 0 Å². The maximum absolute atomic E-state index is 12.4. The summed E-state index contributed by atoms with van der Waals surface area (Å²) in [6.45, 7) is 2.25. The number of hydrogen-bond acceptors (Lipinski definition) is 3. The Hall–Kier alpha value is -2.57. The van der Waals surface area contributed by atoms with E-state index in [0.29, 0.717) is 37.8 Å². The van der Waals surface area contributed by atoms with Crippen LogP contribution >= 0.6 is 0 Å². The highest BCUT2D eigenvalue weighted by molar-refractivity contribution is 5.96. The predicted molar refractivity (Wildman–Crippen MR) is 102 cm³/mol. The zero-order valence-corrected chi connectivity index (χ0v) is 15.7. The molecule has 1 saturated carbocycles. The standard InChI is InChI=1S/C20H28N4O3/c25-18(15-21-19(26)16-7-2-1-3-8-16)23-11-6-12-24(14-13-23)20(27)22-17-9-4-5-10-17/h1-3,7-8,17H,4-6,9-15H2,(H,21,26)(H,22,27). The summed E-state index contributed by atoms with van der Waals surface area (Å²) in [6, 6.07) is 9.13. The molecule has 3 rings (SSSR count). The van der Waals surface area contributed by atoms with E-state index in [-0.39, 0.29) is 24.4 Å². The average Bonchev–Trinajstić information content (AvgIpc) is 3.07. The van der Waals surface area contributed by atoms with E-state index in [1.54, 1.807) is 34.1 Å². The van der Waals surface area contributed by atoms with Crippen LogP contribution in [0.5, 0.6) is 0 Å². The fourth-order valence-corrected chi connectivity index (χ4v) is 3.67. The second kappa shape index (κ2) is 9.39. The van der Waals surface area contributed by atoms with E-state index in [2.05, 4.69) is 10.6 Å². The molecule has 0 atom stereocenters. The van der Waals surface area contributed by atoms with Crippen molar-refractivity contribution in [1.29, 1.82) is 0 Å². The maximum atomic E-state index is 12.4. The maximum Gasteiger partial charge on any atom is 0.317 e. The molecule has 2 fully saturated rings. The van der Waals surface area contributed by atoms with Crippen molar-refractivity contribution >= 4 is 17.8 Å². The number of benzene rings is 1. The summed E-state index contributed by atoms with van der Waals surface area (Å²) in [4.78, 5) is 40.4. The smallest absolute Gasteiger partial charge is 0.317 e. The summed E-state index contributed by atoms with van der Waals surface area (Å²) in [6.07, 6.45) is 5.23. The minimum Gasteiger partial charge on any atom is -0.343 e. The first-order chi connectivity index (χ1) is 13.1. The summed E-state index contributed by atoms with van der Waals surface area (Å²) in [5, 5.41) is 5.78. The highest BCUT2D eigenvalue weighted by Gasteiger charge is 2.24.